The number of hydrogen-bond acceptors (Lipinski definition) is 4. The van der Waals surface area contributed by atoms with Crippen LogP contribution in [0.15, 0.2) is 42.5 Å². The molecular weight excluding hydrogens is 317 g/mol. The minimum atomic E-state index is -1.03. The number of ether oxygens (including phenoxy) is 2. The molecule has 2 rings (SSSR count). The minimum absolute atomic E-state index is 0.00634. The van der Waals surface area contributed by atoms with Gasteiger partial charge in [-0.15, -0.1) is 0 Å². The summed E-state index contributed by atoms with van der Waals surface area (Å²) in [6.07, 6.45) is -1.03. The van der Waals surface area contributed by atoms with E-state index in [9.17, 15) is 9.59 Å². The molecule has 21 heavy (non-hydrogen) atoms. The van der Waals surface area contributed by atoms with Crippen molar-refractivity contribution in [1.82, 2.24) is 0 Å². The first kappa shape index (κ1) is 15.2. The Morgan fingerprint density at radius 3 is 2.38 bits per heavy atom. The van der Waals surface area contributed by atoms with Crippen LogP contribution in [0.5, 0.6) is 11.5 Å². The predicted octanol–water partition coefficient (Wildman–Crippen LogP) is 3.67. The zero-order valence-electron chi connectivity index (χ0n) is 10.5. The molecule has 0 unspecified atom stereocenters. The maximum atomic E-state index is 12.1. The molecule has 1 amide bonds. The van der Waals surface area contributed by atoms with Gasteiger partial charge >= 0.3 is 12.1 Å². The highest BCUT2D eigenvalue weighted by atomic mass is 35.5. The normalized spacial score (nSPS) is 10.0. The Balaban J connectivity index is 2.28. The number of para-hydroxylation sites is 1. The summed E-state index contributed by atoms with van der Waals surface area (Å²) in [5, 5.41) is 0.588. The molecule has 0 aliphatic heterocycles. The third kappa shape index (κ3) is 3.87. The van der Waals surface area contributed by atoms with Crippen LogP contribution in [0.25, 0.3) is 0 Å². The Kier molecular flexibility index (Phi) is 4.67. The van der Waals surface area contributed by atoms with Gasteiger partial charge in [-0.2, -0.15) is 0 Å². The van der Waals surface area contributed by atoms with Gasteiger partial charge in [-0.25, -0.2) is 9.59 Å². The molecule has 0 saturated carbocycles. The Morgan fingerprint density at radius 2 is 1.67 bits per heavy atom. The molecule has 0 bridgehead atoms. The van der Waals surface area contributed by atoms with Crippen LogP contribution in [0, 0.1) is 0 Å². The number of amides is 1. The summed E-state index contributed by atoms with van der Waals surface area (Å²) in [5.74, 6) is -0.660. The lowest BCUT2D eigenvalue weighted by Crippen LogP contribution is -2.19. The van der Waals surface area contributed by atoms with Crippen LogP contribution in [0.4, 0.5) is 4.79 Å². The summed E-state index contributed by atoms with van der Waals surface area (Å²) in [5.41, 5.74) is 4.97. The van der Waals surface area contributed by atoms with Gasteiger partial charge in [-0.3, -0.25) is 0 Å². The van der Waals surface area contributed by atoms with Crippen molar-refractivity contribution in [2.45, 2.75) is 0 Å². The maximum Gasteiger partial charge on any atom is 0.409 e. The van der Waals surface area contributed by atoms with Gasteiger partial charge < -0.3 is 15.2 Å². The first-order chi connectivity index (χ1) is 9.97. The molecule has 2 aromatic rings. The second-order valence-electron chi connectivity index (χ2n) is 3.88. The topological polar surface area (TPSA) is 78.6 Å². The average molecular weight is 326 g/mol. The molecule has 2 N–H and O–H groups in total. The van der Waals surface area contributed by atoms with E-state index < -0.39 is 12.1 Å². The van der Waals surface area contributed by atoms with E-state index in [1.807, 2.05) is 0 Å². The number of esters is 1. The van der Waals surface area contributed by atoms with Crippen LogP contribution in [0.3, 0.4) is 0 Å². The van der Waals surface area contributed by atoms with E-state index in [0.29, 0.717) is 5.02 Å². The van der Waals surface area contributed by atoms with Crippen molar-refractivity contribution in [2.75, 3.05) is 0 Å². The van der Waals surface area contributed by atoms with Crippen molar-refractivity contribution >= 4 is 35.3 Å². The molecular formula is C14H9Cl2NO4. The van der Waals surface area contributed by atoms with E-state index in [2.05, 4.69) is 0 Å². The first-order valence-corrected chi connectivity index (χ1v) is 6.46. The SMILES string of the molecule is NC(=O)Oc1ccccc1C(=O)Oc1cc(Cl)ccc1Cl. The zero-order chi connectivity index (χ0) is 15.4. The van der Waals surface area contributed by atoms with E-state index in [-0.39, 0.29) is 22.1 Å². The third-order valence-corrected chi connectivity index (χ3v) is 2.96. The van der Waals surface area contributed by atoms with Gasteiger partial charge in [0.15, 0.2) is 5.75 Å². The van der Waals surface area contributed by atoms with E-state index in [4.69, 9.17) is 38.4 Å². The number of carbonyl (C=O) groups is 2. The van der Waals surface area contributed by atoms with Crippen LogP contribution in [-0.4, -0.2) is 12.1 Å². The Bertz CT molecular complexity index is 703. The fourth-order valence-electron chi connectivity index (χ4n) is 1.54. The van der Waals surface area contributed by atoms with Crippen molar-refractivity contribution in [3.63, 3.8) is 0 Å². The fourth-order valence-corrected chi connectivity index (χ4v) is 1.86. The minimum Gasteiger partial charge on any atom is -0.421 e. The maximum absolute atomic E-state index is 12.1. The van der Waals surface area contributed by atoms with Crippen LogP contribution < -0.4 is 15.2 Å². The number of benzene rings is 2. The van der Waals surface area contributed by atoms with Gasteiger partial charge in [0.2, 0.25) is 0 Å². The van der Waals surface area contributed by atoms with Gasteiger partial charge in [0, 0.05) is 11.1 Å². The first-order valence-electron chi connectivity index (χ1n) is 5.71. The molecule has 108 valence electrons. The summed E-state index contributed by atoms with van der Waals surface area (Å²) in [6.45, 7) is 0. The standard InChI is InChI=1S/C14H9Cl2NO4/c15-8-5-6-10(16)12(7-8)20-13(18)9-3-1-2-4-11(9)21-14(17)19/h1-7H,(H2,17,19). The van der Waals surface area contributed by atoms with Gasteiger partial charge in [0.25, 0.3) is 0 Å². The molecule has 2 aromatic carbocycles. The Hall–Kier alpha value is -2.24. The van der Waals surface area contributed by atoms with Crippen LogP contribution in [0.2, 0.25) is 10.0 Å². The molecule has 0 saturated heterocycles. The number of halogens is 2. The van der Waals surface area contributed by atoms with Crippen molar-refractivity contribution in [2.24, 2.45) is 5.73 Å². The molecule has 0 aliphatic carbocycles. The summed E-state index contributed by atoms with van der Waals surface area (Å²) in [7, 11) is 0. The summed E-state index contributed by atoms with van der Waals surface area (Å²) in [6, 6.07) is 10.5. The summed E-state index contributed by atoms with van der Waals surface area (Å²) < 4.78 is 9.88. The Morgan fingerprint density at radius 1 is 0.952 bits per heavy atom. The van der Waals surface area contributed by atoms with Crippen molar-refractivity contribution in [3.05, 3.63) is 58.1 Å². The molecule has 7 heteroatoms. The average Bonchev–Trinajstić information content (AvgIpc) is 2.42. The molecule has 0 atom stereocenters. The highest BCUT2D eigenvalue weighted by Gasteiger charge is 2.17. The molecule has 0 heterocycles. The van der Waals surface area contributed by atoms with Crippen LogP contribution >= 0.6 is 23.2 Å². The van der Waals surface area contributed by atoms with E-state index >= 15 is 0 Å². The Labute approximate surface area is 130 Å². The highest BCUT2D eigenvalue weighted by molar-refractivity contribution is 6.34. The number of rotatable bonds is 3. The lowest BCUT2D eigenvalue weighted by Gasteiger charge is -2.09. The van der Waals surface area contributed by atoms with Crippen LogP contribution in [-0.2, 0) is 0 Å². The van der Waals surface area contributed by atoms with Gasteiger partial charge in [-0.05, 0) is 24.3 Å². The van der Waals surface area contributed by atoms with E-state index in [0.717, 1.165) is 0 Å². The van der Waals surface area contributed by atoms with Gasteiger partial charge in [0.05, 0.1) is 5.02 Å². The predicted molar refractivity (Wildman–Crippen MR) is 78.1 cm³/mol. The van der Waals surface area contributed by atoms with E-state index in [1.165, 1.54) is 24.3 Å². The number of hydrogen-bond donors (Lipinski definition) is 1. The number of nitrogens with two attached hydrogens (primary N) is 1. The molecule has 5 nitrogen and oxygen atoms in total. The van der Waals surface area contributed by atoms with Crippen molar-refractivity contribution < 1.29 is 19.1 Å². The molecule has 0 aromatic heterocycles. The van der Waals surface area contributed by atoms with Crippen LogP contribution in [0.1, 0.15) is 10.4 Å². The molecule has 0 fully saturated rings. The van der Waals surface area contributed by atoms with Crippen molar-refractivity contribution in [1.29, 1.82) is 0 Å². The highest BCUT2D eigenvalue weighted by Crippen LogP contribution is 2.29. The number of primary amides is 1. The molecule has 0 aliphatic rings. The lowest BCUT2D eigenvalue weighted by molar-refractivity contribution is 0.0732. The van der Waals surface area contributed by atoms with Crippen molar-refractivity contribution in [3.8, 4) is 11.5 Å². The van der Waals surface area contributed by atoms with Gasteiger partial charge in [0.1, 0.15) is 11.3 Å². The third-order valence-electron chi connectivity index (χ3n) is 2.41. The second kappa shape index (κ2) is 6.47. The monoisotopic (exact) mass is 325 g/mol. The zero-order valence-corrected chi connectivity index (χ0v) is 12.0. The second-order valence-corrected chi connectivity index (χ2v) is 4.73. The molecule has 0 radical (unpaired) electrons. The largest absolute Gasteiger partial charge is 0.421 e. The smallest absolute Gasteiger partial charge is 0.409 e. The van der Waals surface area contributed by atoms with E-state index in [1.54, 1.807) is 18.2 Å². The lowest BCUT2D eigenvalue weighted by atomic mass is 10.2. The number of carbonyl (C=O) groups excluding carboxylic acids is 2. The van der Waals surface area contributed by atoms with Gasteiger partial charge in [-0.1, -0.05) is 35.3 Å². The summed E-state index contributed by atoms with van der Waals surface area (Å²) >= 11 is 11.7. The quantitative estimate of drug-likeness (QED) is 0.689. The fraction of sp³-hybridized carbons (Fsp3) is 0. The summed E-state index contributed by atoms with van der Waals surface area (Å²) in [4.78, 5) is 22.9. The molecule has 0 spiro atoms.